The molecule has 2 aromatic carbocycles. The lowest BCUT2D eigenvalue weighted by molar-refractivity contribution is 0.204. The number of aryl methyl sites for hydroxylation is 1. The van der Waals surface area contributed by atoms with Gasteiger partial charge in [0.1, 0.15) is 5.75 Å². The van der Waals surface area contributed by atoms with E-state index in [2.05, 4.69) is 38.1 Å². The number of aliphatic hydroxyl groups is 1. The normalized spacial score (nSPS) is 13.8. The molecule has 20 heavy (non-hydrogen) atoms. The molecule has 0 heterocycles. The van der Waals surface area contributed by atoms with Gasteiger partial charge in [-0.15, -0.1) is 0 Å². The Labute approximate surface area is 121 Å². The maximum Gasteiger partial charge on any atom is 0.118 e. The van der Waals surface area contributed by atoms with Crippen molar-refractivity contribution in [2.24, 2.45) is 0 Å². The van der Waals surface area contributed by atoms with E-state index in [9.17, 15) is 5.11 Å². The highest BCUT2D eigenvalue weighted by molar-refractivity contribution is 5.34. The van der Waals surface area contributed by atoms with E-state index in [-0.39, 0.29) is 12.0 Å². The quantitative estimate of drug-likeness (QED) is 0.901. The number of ether oxygens (including phenoxy) is 1. The summed E-state index contributed by atoms with van der Waals surface area (Å²) in [6.07, 6.45) is 0.816. The molecule has 106 valence electrons. The number of hydrogen-bond acceptors (Lipinski definition) is 2. The Hall–Kier alpha value is -1.80. The molecule has 2 rings (SSSR count). The third kappa shape index (κ3) is 3.20. The zero-order valence-electron chi connectivity index (χ0n) is 12.4. The third-order valence-electron chi connectivity index (χ3n) is 3.85. The summed E-state index contributed by atoms with van der Waals surface area (Å²) in [6, 6.07) is 16.4. The van der Waals surface area contributed by atoms with Crippen LogP contribution in [0.2, 0.25) is 0 Å². The summed E-state index contributed by atoms with van der Waals surface area (Å²) in [5.41, 5.74) is 3.34. The minimum Gasteiger partial charge on any atom is -0.497 e. The molecule has 0 aromatic heterocycles. The molecular weight excluding hydrogens is 248 g/mol. The van der Waals surface area contributed by atoms with Crippen LogP contribution in [0.4, 0.5) is 0 Å². The van der Waals surface area contributed by atoms with E-state index in [0.29, 0.717) is 0 Å². The summed E-state index contributed by atoms with van der Waals surface area (Å²) < 4.78 is 5.18. The van der Waals surface area contributed by atoms with Crippen LogP contribution in [0.5, 0.6) is 5.75 Å². The number of benzene rings is 2. The molecular formula is C18H22O2. The summed E-state index contributed by atoms with van der Waals surface area (Å²) in [5.74, 6) is 0.837. The van der Waals surface area contributed by atoms with Crippen molar-refractivity contribution in [2.45, 2.75) is 25.7 Å². The number of methoxy groups -OCH3 is 1. The third-order valence-corrected chi connectivity index (χ3v) is 3.85. The maximum atomic E-state index is 9.85. The van der Waals surface area contributed by atoms with Gasteiger partial charge in [-0.25, -0.2) is 0 Å². The lowest BCUT2D eigenvalue weighted by Crippen LogP contribution is -2.29. The molecule has 0 aliphatic carbocycles. The van der Waals surface area contributed by atoms with E-state index < -0.39 is 0 Å². The van der Waals surface area contributed by atoms with Crippen LogP contribution in [0.15, 0.2) is 48.5 Å². The van der Waals surface area contributed by atoms with Crippen molar-refractivity contribution in [3.8, 4) is 5.75 Å². The molecule has 1 N–H and O–H groups in total. The smallest absolute Gasteiger partial charge is 0.118 e. The first-order valence-corrected chi connectivity index (χ1v) is 6.88. The molecule has 2 heteroatoms. The molecule has 0 saturated heterocycles. The summed E-state index contributed by atoms with van der Waals surface area (Å²) in [6.45, 7) is 4.29. The zero-order valence-corrected chi connectivity index (χ0v) is 12.4. The molecule has 0 saturated carbocycles. The van der Waals surface area contributed by atoms with Crippen molar-refractivity contribution in [2.75, 3.05) is 13.7 Å². The maximum absolute atomic E-state index is 9.85. The van der Waals surface area contributed by atoms with Gasteiger partial charge in [0, 0.05) is 5.41 Å². The molecule has 2 aromatic rings. The topological polar surface area (TPSA) is 29.5 Å². The standard InChI is InChI=1S/C18H22O2/c1-14-4-6-15(7-5-14)12-18(2,13-19)16-8-10-17(20-3)11-9-16/h4-11,19H,12-13H2,1-3H3. The van der Waals surface area contributed by atoms with Crippen LogP contribution in [0.3, 0.4) is 0 Å². The van der Waals surface area contributed by atoms with Crippen LogP contribution >= 0.6 is 0 Å². The lowest BCUT2D eigenvalue weighted by Gasteiger charge is -2.28. The van der Waals surface area contributed by atoms with Crippen LogP contribution < -0.4 is 4.74 Å². The van der Waals surface area contributed by atoms with E-state index >= 15 is 0 Å². The monoisotopic (exact) mass is 270 g/mol. The second-order valence-corrected chi connectivity index (χ2v) is 5.61. The van der Waals surface area contributed by atoms with E-state index in [1.165, 1.54) is 11.1 Å². The van der Waals surface area contributed by atoms with Crippen LogP contribution in [0.1, 0.15) is 23.6 Å². The van der Waals surface area contributed by atoms with Crippen LogP contribution in [-0.2, 0) is 11.8 Å². The lowest BCUT2D eigenvalue weighted by atomic mass is 9.78. The molecule has 0 spiro atoms. The SMILES string of the molecule is COc1ccc(C(C)(CO)Cc2ccc(C)cc2)cc1. The second-order valence-electron chi connectivity index (χ2n) is 5.61. The Morgan fingerprint density at radius 3 is 2.10 bits per heavy atom. The molecule has 2 nitrogen and oxygen atoms in total. The molecule has 0 amide bonds. The highest BCUT2D eigenvalue weighted by atomic mass is 16.5. The van der Waals surface area contributed by atoms with Crippen LogP contribution in [0, 0.1) is 6.92 Å². The predicted octanol–water partition coefficient (Wildman–Crippen LogP) is 3.50. The minimum absolute atomic E-state index is 0.118. The summed E-state index contributed by atoms with van der Waals surface area (Å²) in [4.78, 5) is 0. The molecule has 1 atom stereocenters. The highest BCUT2D eigenvalue weighted by Crippen LogP contribution is 2.29. The fourth-order valence-corrected chi connectivity index (χ4v) is 2.40. The predicted molar refractivity (Wildman–Crippen MR) is 82.3 cm³/mol. The van der Waals surface area contributed by atoms with Gasteiger partial charge in [0.25, 0.3) is 0 Å². The first kappa shape index (κ1) is 14.6. The number of hydrogen-bond donors (Lipinski definition) is 1. The number of aliphatic hydroxyl groups excluding tert-OH is 1. The first-order valence-electron chi connectivity index (χ1n) is 6.88. The second kappa shape index (κ2) is 6.10. The van der Waals surface area contributed by atoms with E-state index in [4.69, 9.17) is 4.74 Å². The average molecular weight is 270 g/mol. The average Bonchev–Trinajstić information content (AvgIpc) is 2.49. The van der Waals surface area contributed by atoms with Gasteiger partial charge < -0.3 is 9.84 Å². The van der Waals surface area contributed by atoms with Crippen molar-refractivity contribution in [3.05, 3.63) is 65.2 Å². The molecule has 0 aliphatic rings. The van der Waals surface area contributed by atoms with Crippen molar-refractivity contribution in [1.29, 1.82) is 0 Å². The molecule has 0 fully saturated rings. The Balaban J connectivity index is 2.25. The molecule has 0 radical (unpaired) electrons. The van der Waals surface area contributed by atoms with E-state index in [0.717, 1.165) is 17.7 Å². The highest BCUT2D eigenvalue weighted by Gasteiger charge is 2.26. The van der Waals surface area contributed by atoms with E-state index in [1.807, 2.05) is 24.3 Å². The van der Waals surface area contributed by atoms with Gasteiger partial charge in [-0.1, -0.05) is 48.9 Å². The van der Waals surface area contributed by atoms with Crippen molar-refractivity contribution in [3.63, 3.8) is 0 Å². The van der Waals surface area contributed by atoms with Crippen molar-refractivity contribution < 1.29 is 9.84 Å². The van der Waals surface area contributed by atoms with Crippen molar-refractivity contribution >= 4 is 0 Å². The Morgan fingerprint density at radius 1 is 1.00 bits per heavy atom. The van der Waals surface area contributed by atoms with Gasteiger partial charge in [0.15, 0.2) is 0 Å². The number of rotatable bonds is 5. The van der Waals surface area contributed by atoms with Crippen molar-refractivity contribution in [1.82, 2.24) is 0 Å². The largest absolute Gasteiger partial charge is 0.497 e. The van der Waals surface area contributed by atoms with Gasteiger partial charge in [0.2, 0.25) is 0 Å². The van der Waals surface area contributed by atoms with Gasteiger partial charge in [-0.05, 0) is 36.6 Å². The first-order chi connectivity index (χ1) is 9.57. The summed E-state index contributed by atoms with van der Waals surface area (Å²) in [5, 5.41) is 9.85. The van der Waals surface area contributed by atoms with Crippen LogP contribution in [-0.4, -0.2) is 18.8 Å². The van der Waals surface area contributed by atoms with Gasteiger partial charge >= 0.3 is 0 Å². The van der Waals surface area contributed by atoms with E-state index in [1.54, 1.807) is 7.11 Å². The molecule has 1 unspecified atom stereocenters. The zero-order chi connectivity index (χ0) is 14.6. The van der Waals surface area contributed by atoms with Gasteiger partial charge in [-0.2, -0.15) is 0 Å². The summed E-state index contributed by atoms with van der Waals surface area (Å²) in [7, 11) is 1.66. The Kier molecular flexibility index (Phi) is 4.46. The molecule has 0 aliphatic heterocycles. The fraction of sp³-hybridized carbons (Fsp3) is 0.333. The Morgan fingerprint density at radius 2 is 1.60 bits per heavy atom. The fourth-order valence-electron chi connectivity index (χ4n) is 2.40. The van der Waals surface area contributed by atoms with Crippen LogP contribution in [0.25, 0.3) is 0 Å². The Bertz CT molecular complexity index is 543. The van der Waals surface area contributed by atoms with Gasteiger partial charge in [-0.3, -0.25) is 0 Å². The molecule has 0 bridgehead atoms. The minimum atomic E-state index is -0.276. The summed E-state index contributed by atoms with van der Waals surface area (Å²) >= 11 is 0. The van der Waals surface area contributed by atoms with Gasteiger partial charge in [0.05, 0.1) is 13.7 Å².